The normalized spacial score (nSPS) is 57.5. The molecule has 3 saturated carbocycles. The van der Waals surface area contributed by atoms with Gasteiger partial charge in [-0.1, -0.05) is 33.3 Å². The van der Waals surface area contributed by atoms with E-state index in [1.54, 1.807) is 0 Å². The number of fused-ring (bicyclic) bond motifs is 7. The van der Waals surface area contributed by atoms with Crippen LogP contribution in [0.4, 0.5) is 0 Å². The zero-order valence-electron chi connectivity index (χ0n) is 31.1. The third-order valence-corrected chi connectivity index (χ3v) is 15.4. The highest BCUT2D eigenvalue weighted by atomic mass is 16.8. The standard InChI is InChI=1S/C39H60O13/c1-17-6-11-39(47-16-17)18(2)28-25(52-39)14-23-27-22(8-10-38(23,28)5)37(4)9-7-21(12-20(37)13-24(27)41)49-36-34(32(45)30(43)26(15-40)50-36)51-35-33(46)31(44)29(42)19(3)48-35/h13,17-19,21-23,25-36,40,42-46H,6-12,14-16H2,1-5H3. The summed E-state index contributed by atoms with van der Waals surface area (Å²) in [6.07, 6.45) is -5.42. The number of allylic oxidation sites excluding steroid dienone is 1. The monoisotopic (exact) mass is 736 g/mol. The SMILES string of the molecule is CC1CCC2(OC1)OC1CC3C4C(=O)C=C5CC(OC6OC(CO)C(O)C(O)C6OC6OC(C)C(O)C(O)C6O)CCC5(C)C4CCC3(C)C1C2C. The van der Waals surface area contributed by atoms with E-state index in [1.807, 2.05) is 6.08 Å². The molecule has 6 N–H and O–H groups in total. The second kappa shape index (κ2) is 13.5. The molecule has 4 saturated heterocycles. The van der Waals surface area contributed by atoms with Crippen molar-refractivity contribution in [3.8, 4) is 0 Å². The highest BCUT2D eigenvalue weighted by Crippen LogP contribution is 2.70. The molecule has 0 aromatic rings. The Morgan fingerprint density at radius 2 is 1.62 bits per heavy atom. The number of ketones is 1. The predicted octanol–water partition coefficient (Wildman–Crippen LogP) is 1.57. The lowest BCUT2D eigenvalue weighted by Crippen LogP contribution is -2.64. The molecule has 4 aliphatic heterocycles. The summed E-state index contributed by atoms with van der Waals surface area (Å²) in [4.78, 5) is 14.3. The lowest BCUT2D eigenvalue weighted by Gasteiger charge is -2.58. The van der Waals surface area contributed by atoms with Gasteiger partial charge < -0.3 is 59.1 Å². The average Bonchev–Trinajstić information content (AvgIpc) is 3.56. The maximum Gasteiger partial charge on any atom is 0.187 e. The summed E-state index contributed by atoms with van der Waals surface area (Å²) in [5.74, 6) is 1.27. The van der Waals surface area contributed by atoms with Gasteiger partial charge in [0.25, 0.3) is 0 Å². The van der Waals surface area contributed by atoms with Crippen LogP contribution in [0, 0.1) is 46.3 Å². The lowest BCUT2D eigenvalue weighted by atomic mass is 9.46. The van der Waals surface area contributed by atoms with Gasteiger partial charge in [-0.3, -0.25) is 4.79 Å². The molecule has 0 amide bonds. The first kappa shape index (κ1) is 37.8. The molecular weight excluding hydrogens is 676 g/mol. The van der Waals surface area contributed by atoms with Crippen molar-refractivity contribution < 1.29 is 63.9 Å². The molecule has 4 heterocycles. The molecule has 4 aliphatic carbocycles. The van der Waals surface area contributed by atoms with Gasteiger partial charge >= 0.3 is 0 Å². The van der Waals surface area contributed by atoms with Crippen LogP contribution in [0.2, 0.25) is 0 Å². The number of hydrogen-bond acceptors (Lipinski definition) is 13. The molecule has 13 heteroatoms. The fourth-order valence-electron chi connectivity index (χ4n) is 12.3. The highest BCUT2D eigenvalue weighted by molar-refractivity contribution is 5.94. The first-order valence-corrected chi connectivity index (χ1v) is 19.8. The third kappa shape index (κ3) is 5.74. The van der Waals surface area contributed by atoms with Crippen molar-refractivity contribution >= 4 is 5.78 Å². The number of rotatable bonds is 5. The van der Waals surface area contributed by atoms with Crippen molar-refractivity contribution in [1.29, 1.82) is 0 Å². The van der Waals surface area contributed by atoms with E-state index in [2.05, 4.69) is 27.7 Å². The first-order valence-electron chi connectivity index (χ1n) is 19.8. The van der Waals surface area contributed by atoms with Gasteiger partial charge in [0, 0.05) is 18.3 Å². The Morgan fingerprint density at radius 1 is 0.846 bits per heavy atom. The van der Waals surface area contributed by atoms with Crippen molar-refractivity contribution in [3.05, 3.63) is 11.6 Å². The maximum atomic E-state index is 14.3. The van der Waals surface area contributed by atoms with Crippen LogP contribution in [-0.2, 0) is 33.2 Å². The number of carbonyl (C=O) groups excluding carboxylic acids is 1. The van der Waals surface area contributed by atoms with Crippen molar-refractivity contribution in [2.24, 2.45) is 46.3 Å². The van der Waals surface area contributed by atoms with Crippen LogP contribution in [0.3, 0.4) is 0 Å². The van der Waals surface area contributed by atoms with E-state index in [0.29, 0.717) is 24.7 Å². The van der Waals surface area contributed by atoms with Crippen molar-refractivity contribution in [1.82, 2.24) is 0 Å². The zero-order chi connectivity index (χ0) is 37.1. The first-order chi connectivity index (χ1) is 24.6. The van der Waals surface area contributed by atoms with Gasteiger partial charge in [0.15, 0.2) is 24.2 Å². The smallest absolute Gasteiger partial charge is 0.187 e. The summed E-state index contributed by atoms with van der Waals surface area (Å²) >= 11 is 0. The van der Waals surface area contributed by atoms with E-state index < -0.39 is 79.9 Å². The van der Waals surface area contributed by atoms with Gasteiger partial charge in [0.05, 0.1) is 31.5 Å². The molecule has 0 aromatic heterocycles. The van der Waals surface area contributed by atoms with Crippen LogP contribution in [0.5, 0.6) is 0 Å². The Bertz CT molecular complexity index is 1380. The molecule has 21 atom stereocenters. The number of carbonyl (C=O) groups is 1. The third-order valence-electron chi connectivity index (χ3n) is 15.4. The second-order valence-electron chi connectivity index (χ2n) is 18.2. The van der Waals surface area contributed by atoms with Crippen molar-refractivity contribution in [2.75, 3.05) is 13.2 Å². The molecule has 294 valence electrons. The molecule has 52 heavy (non-hydrogen) atoms. The summed E-state index contributed by atoms with van der Waals surface area (Å²) in [5.41, 5.74) is 0.866. The number of aliphatic hydroxyl groups excluding tert-OH is 6. The molecule has 1 spiro atoms. The van der Waals surface area contributed by atoms with Gasteiger partial charge in [0.1, 0.15) is 42.7 Å². The molecule has 21 unspecified atom stereocenters. The molecule has 13 nitrogen and oxygen atoms in total. The molecular formula is C39H60O13. The Kier molecular flexibility index (Phi) is 9.86. The van der Waals surface area contributed by atoms with Gasteiger partial charge in [-0.25, -0.2) is 0 Å². The number of hydrogen-bond donors (Lipinski definition) is 6. The van der Waals surface area contributed by atoms with Crippen LogP contribution in [0.15, 0.2) is 11.6 Å². The predicted molar refractivity (Wildman–Crippen MR) is 182 cm³/mol. The van der Waals surface area contributed by atoms with E-state index in [0.717, 1.165) is 50.7 Å². The zero-order valence-corrected chi connectivity index (χ0v) is 31.1. The van der Waals surface area contributed by atoms with Crippen LogP contribution in [0.25, 0.3) is 0 Å². The Balaban J connectivity index is 0.986. The number of ether oxygens (including phenoxy) is 6. The van der Waals surface area contributed by atoms with Gasteiger partial charge in [-0.2, -0.15) is 0 Å². The summed E-state index contributed by atoms with van der Waals surface area (Å²) in [7, 11) is 0. The number of aliphatic hydroxyl groups is 6. The molecule has 8 rings (SSSR count). The van der Waals surface area contributed by atoms with Crippen molar-refractivity contribution in [2.45, 2.75) is 165 Å². The van der Waals surface area contributed by atoms with E-state index in [9.17, 15) is 35.4 Å². The Hall–Kier alpha value is -1.07. The largest absolute Gasteiger partial charge is 0.394 e. The fourth-order valence-corrected chi connectivity index (χ4v) is 12.3. The van der Waals surface area contributed by atoms with E-state index in [-0.39, 0.29) is 46.4 Å². The quantitative estimate of drug-likeness (QED) is 0.239. The topological polar surface area (TPSA) is 194 Å². The summed E-state index contributed by atoms with van der Waals surface area (Å²) in [6.45, 7) is 10.9. The van der Waals surface area contributed by atoms with Gasteiger partial charge in [0.2, 0.25) is 0 Å². The second-order valence-corrected chi connectivity index (χ2v) is 18.2. The average molecular weight is 737 g/mol. The minimum Gasteiger partial charge on any atom is -0.394 e. The summed E-state index contributed by atoms with van der Waals surface area (Å²) in [5, 5.41) is 62.8. The minimum atomic E-state index is -1.65. The fraction of sp³-hybridized carbons (Fsp3) is 0.923. The van der Waals surface area contributed by atoms with Crippen LogP contribution in [-0.4, -0.2) is 129 Å². The Morgan fingerprint density at radius 3 is 2.33 bits per heavy atom. The lowest BCUT2D eigenvalue weighted by molar-refractivity contribution is -0.369. The van der Waals surface area contributed by atoms with Gasteiger partial charge in [-0.05, 0) is 92.4 Å². The molecule has 0 bridgehead atoms. The van der Waals surface area contributed by atoms with Crippen molar-refractivity contribution in [3.63, 3.8) is 0 Å². The van der Waals surface area contributed by atoms with E-state index >= 15 is 0 Å². The van der Waals surface area contributed by atoms with E-state index in [1.165, 1.54) is 6.92 Å². The highest BCUT2D eigenvalue weighted by Gasteiger charge is 2.70. The Labute approximate surface area is 305 Å². The van der Waals surface area contributed by atoms with E-state index in [4.69, 9.17) is 28.4 Å². The van der Waals surface area contributed by atoms with Crippen LogP contribution >= 0.6 is 0 Å². The van der Waals surface area contributed by atoms with Crippen LogP contribution < -0.4 is 0 Å². The molecule has 0 aromatic carbocycles. The molecule has 7 fully saturated rings. The maximum absolute atomic E-state index is 14.3. The van der Waals surface area contributed by atoms with Crippen LogP contribution in [0.1, 0.15) is 86.0 Å². The molecule has 8 aliphatic rings. The summed E-state index contributed by atoms with van der Waals surface area (Å²) < 4.78 is 37.3. The minimum absolute atomic E-state index is 0.00236. The van der Waals surface area contributed by atoms with Gasteiger partial charge in [-0.15, -0.1) is 0 Å². The summed E-state index contributed by atoms with van der Waals surface area (Å²) in [6, 6.07) is 0. The molecule has 0 radical (unpaired) electrons.